The monoisotopic (exact) mass is 464 g/mol. The summed E-state index contributed by atoms with van der Waals surface area (Å²) in [5.41, 5.74) is 2.13. The number of carbonyl (C=O) groups is 1. The van der Waals surface area contributed by atoms with Crippen LogP contribution in [0.25, 0.3) is 10.2 Å². The van der Waals surface area contributed by atoms with Crippen molar-refractivity contribution in [3.05, 3.63) is 52.0 Å². The Kier molecular flexibility index (Phi) is 6.78. The van der Waals surface area contributed by atoms with Crippen LogP contribution in [0.15, 0.2) is 36.4 Å². The lowest BCUT2D eigenvalue weighted by Gasteiger charge is -2.23. The van der Waals surface area contributed by atoms with Crippen LogP contribution in [-0.4, -0.2) is 36.8 Å². The summed E-state index contributed by atoms with van der Waals surface area (Å²) in [7, 11) is 0. The van der Waals surface area contributed by atoms with Gasteiger partial charge in [0.05, 0.1) is 27.9 Å². The van der Waals surface area contributed by atoms with Crippen molar-refractivity contribution in [3.8, 4) is 5.75 Å². The zero-order valence-corrected chi connectivity index (χ0v) is 18.9. The topological polar surface area (TPSA) is 51.7 Å². The first-order chi connectivity index (χ1) is 14.5. The Bertz CT molecular complexity index is 1050. The molecule has 158 valence electrons. The molecular weight excluding hydrogens is 443 g/mol. The molecule has 1 aromatic heterocycles. The van der Waals surface area contributed by atoms with Gasteiger partial charge in [-0.05, 0) is 55.2 Å². The van der Waals surface area contributed by atoms with Gasteiger partial charge in [0.2, 0.25) is 0 Å². The number of benzene rings is 2. The fraction of sp³-hybridized carbons (Fsp3) is 0.364. The molecule has 4 rings (SSSR count). The summed E-state index contributed by atoms with van der Waals surface area (Å²) >= 11 is 13.6. The van der Waals surface area contributed by atoms with Gasteiger partial charge >= 0.3 is 0 Å². The Morgan fingerprint density at radius 2 is 2.17 bits per heavy atom. The summed E-state index contributed by atoms with van der Waals surface area (Å²) in [5, 5.41) is 1.54. The molecule has 1 aliphatic rings. The van der Waals surface area contributed by atoms with Crippen LogP contribution in [0.4, 0.5) is 5.13 Å². The van der Waals surface area contributed by atoms with Crippen molar-refractivity contribution in [1.29, 1.82) is 0 Å². The number of fused-ring (bicyclic) bond motifs is 1. The zero-order valence-electron chi connectivity index (χ0n) is 16.6. The van der Waals surface area contributed by atoms with Gasteiger partial charge in [0, 0.05) is 11.6 Å². The quantitative estimate of drug-likeness (QED) is 0.446. The van der Waals surface area contributed by atoms with Crippen molar-refractivity contribution in [2.45, 2.75) is 32.3 Å². The van der Waals surface area contributed by atoms with E-state index in [-0.39, 0.29) is 18.6 Å². The Morgan fingerprint density at radius 1 is 1.30 bits per heavy atom. The molecular formula is C22H22Cl2N2O3S. The van der Waals surface area contributed by atoms with Crippen LogP contribution in [0.3, 0.4) is 0 Å². The molecule has 0 bridgehead atoms. The summed E-state index contributed by atoms with van der Waals surface area (Å²) in [4.78, 5) is 19.5. The number of amides is 1. The highest BCUT2D eigenvalue weighted by Crippen LogP contribution is 2.32. The standard InChI is InChI=1S/C22H22Cl2N2O3S/c1-2-14-5-7-18-20(10-14)30-22(25-18)26(12-16-4-3-9-28-16)21(27)13-29-19-8-6-15(23)11-17(19)24/h5-8,10-11,16H,2-4,9,12-13H2,1H3. The zero-order chi connectivity index (χ0) is 21.1. The number of thiazole rings is 1. The summed E-state index contributed by atoms with van der Waals surface area (Å²) in [6.45, 7) is 3.15. The lowest BCUT2D eigenvalue weighted by atomic mass is 10.2. The van der Waals surface area contributed by atoms with E-state index < -0.39 is 0 Å². The van der Waals surface area contributed by atoms with Crippen LogP contribution in [0.1, 0.15) is 25.3 Å². The average Bonchev–Trinajstić information content (AvgIpc) is 3.39. The molecule has 30 heavy (non-hydrogen) atoms. The first-order valence-corrected chi connectivity index (χ1v) is 11.5. The van der Waals surface area contributed by atoms with E-state index in [1.807, 2.05) is 6.07 Å². The maximum atomic E-state index is 13.1. The lowest BCUT2D eigenvalue weighted by molar-refractivity contribution is -0.120. The highest BCUT2D eigenvalue weighted by atomic mass is 35.5. The minimum Gasteiger partial charge on any atom is -0.482 e. The third-order valence-electron chi connectivity index (χ3n) is 5.04. The second-order valence-corrected chi connectivity index (χ2v) is 9.01. The van der Waals surface area contributed by atoms with E-state index in [4.69, 9.17) is 37.7 Å². The van der Waals surface area contributed by atoms with E-state index in [0.29, 0.717) is 27.5 Å². The van der Waals surface area contributed by atoms with E-state index in [1.165, 1.54) is 16.9 Å². The second-order valence-electron chi connectivity index (χ2n) is 7.15. The van der Waals surface area contributed by atoms with E-state index in [1.54, 1.807) is 23.1 Å². The Hall–Kier alpha value is -1.86. The number of rotatable bonds is 7. The van der Waals surface area contributed by atoms with Crippen LogP contribution in [-0.2, 0) is 16.0 Å². The van der Waals surface area contributed by atoms with Gasteiger partial charge in [-0.1, -0.05) is 47.5 Å². The fourth-order valence-corrected chi connectivity index (χ4v) is 4.90. The van der Waals surface area contributed by atoms with Gasteiger partial charge in [-0.3, -0.25) is 9.69 Å². The summed E-state index contributed by atoms with van der Waals surface area (Å²) in [5.74, 6) is 0.231. The Labute approximate surface area is 189 Å². The third kappa shape index (κ3) is 4.89. The molecule has 2 aromatic carbocycles. The molecule has 1 fully saturated rings. The van der Waals surface area contributed by atoms with E-state index in [0.717, 1.165) is 36.1 Å². The minimum atomic E-state index is -0.189. The number of nitrogens with zero attached hydrogens (tertiary/aromatic N) is 2. The minimum absolute atomic E-state index is 0.00582. The number of aryl methyl sites for hydroxylation is 1. The van der Waals surface area contributed by atoms with Crippen molar-refractivity contribution in [2.75, 3.05) is 24.7 Å². The van der Waals surface area contributed by atoms with Crippen molar-refractivity contribution in [1.82, 2.24) is 4.98 Å². The molecule has 1 atom stereocenters. The molecule has 1 amide bonds. The van der Waals surface area contributed by atoms with Crippen LogP contribution >= 0.6 is 34.5 Å². The van der Waals surface area contributed by atoms with Crippen LogP contribution in [0.2, 0.25) is 10.0 Å². The van der Waals surface area contributed by atoms with Gasteiger partial charge in [-0.25, -0.2) is 4.98 Å². The number of aromatic nitrogens is 1. The normalized spacial score (nSPS) is 16.2. The van der Waals surface area contributed by atoms with Crippen LogP contribution in [0.5, 0.6) is 5.75 Å². The molecule has 0 saturated carbocycles. The molecule has 1 unspecified atom stereocenters. The second kappa shape index (κ2) is 9.52. The van der Waals surface area contributed by atoms with Gasteiger partial charge in [-0.2, -0.15) is 0 Å². The molecule has 0 N–H and O–H groups in total. The smallest absolute Gasteiger partial charge is 0.266 e. The third-order valence-corrected chi connectivity index (χ3v) is 6.61. The predicted molar refractivity (Wildman–Crippen MR) is 122 cm³/mol. The largest absolute Gasteiger partial charge is 0.482 e. The molecule has 5 nitrogen and oxygen atoms in total. The maximum Gasteiger partial charge on any atom is 0.266 e. The number of carbonyl (C=O) groups excluding carboxylic acids is 1. The summed E-state index contributed by atoms with van der Waals surface area (Å²) in [6.07, 6.45) is 2.89. The van der Waals surface area contributed by atoms with E-state index >= 15 is 0 Å². The number of anilines is 1. The first kappa shape index (κ1) is 21.4. The molecule has 2 heterocycles. The number of hydrogen-bond donors (Lipinski definition) is 0. The van der Waals surface area contributed by atoms with Gasteiger partial charge in [0.1, 0.15) is 5.75 Å². The van der Waals surface area contributed by atoms with Crippen molar-refractivity contribution < 1.29 is 14.3 Å². The summed E-state index contributed by atoms with van der Waals surface area (Å²) < 4.78 is 12.5. The van der Waals surface area contributed by atoms with Crippen LogP contribution < -0.4 is 9.64 Å². The van der Waals surface area contributed by atoms with Gasteiger partial charge in [-0.15, -0.1) is 0 Å². The molecule has 0 spiro atoms. The van der Waals surface area contributed by atoms with Crippen molar-refractivity contribution in [2.24, 2.45) is 0 Å². The molecule has 0 radical (unpaired) electrons. The average molecular weight is 465 g/mol. The number of halogens is 2. The maximum absolute atomic E-state index is 13.1. The van der Waals surface area contributed by atoms with Crippen LogP contribution in [0, 0.1) is 0 Å². The fourth-order valence-electron chi connectivity index (χ4n) is 3.38. The molecule has 1 aliphatic heterocycles. The van der Waals surface area contributed by atoms with Crippen molar-refractivity contribution >= 4 is 55.8 Å². The predicted octanol–water partition coefficient (Wildman–Crippen LogP) is 5.76. The number of ether oxygens (including phenoxy) is 2. The Morgan fingerprint density at radius 3 is 2.90 bits per heavy atom. The lowest BCUT2D eigenvalue weighted by Crippen LogP contribution is -2.40. The van der Waals surface area contributed by atoms with Gasteiger partial charge in [0.25, 0.3) is 5.91 Å². The highest BCUT2D eigenvalue weighted by molar-refractivity contribution is 7.22. The molecule has 3 aromatic rings. The molecule has 0 aliphatic carbocycles. The van der Waals surface area contributed by atoms with E-state index in [2.05, 4.69) is 19.1 Å². The highest BCUT2D eigenvalue weighted by Gasteiger charge is 2.26. The van der Waals surface area contributed by atoms with Gasteiger partial charge < -0.3 is 9.47 Å². The first-order valence-electron chi connectivity index (χ1n) is 9.92. The number of hydrogen-bond acceptors (Lipinski definition) is 5. The molecule has 8 heteroatoms. The van der Waals surface area contributed by atoms with Crippen molar-refractivity contribution in [3.63, 3.8) is 0 Å². The van der Waals surface area contributed by atoms with Gasteiger partial charge in [0.15, 0.2) is 11.7 Å². The Balaban J connectivity index is 1.56. The summed E-state index contributed by atoms with van der Waals surface area (Å²) in [6, 6.07) is 11.1. The molecule has 1 saturated heterocycles. The van der Waals surface area contributed by atoms with E-state index in [9.17, 15) is 4.79 Å². The SMILES string of the molecule is CCc1ccc2nc(N(CC3CCCO3)C(=O)COc3ccc(Cl)cc3Cl)sc2c1.